The number of aryl methyl sites for hydroxylation is 2. The minimum Gasteiger partial charge on any atom is -0.336 e. The van der Waals surface area contributed by atoms with Crippen molar-refractivity contribution in [3.05, 3.63) is 88.5 Å². The van der Waals surface area contributed by atoms with Crippen molar-refractivity contribution in [3.8, 4) is 22.3 Å². The molecule has 0 fully saturated rings. The fourth-order valence-corrected chi connectivity index (χ4v) is 4.59. The van der Waals surface area contributed by atoms with Crippen LogP contribution in [-0.4, -0.2) is 13.6 Å². The smallest absolute Gasteiger partial charge is 0.264 e. The van der Waals surface area contributed by atoms with Crippen molar-refractivity contribution < 1.29 is 12.9 Å². The van der Waals surface area contributed by atoms with Crippen LogP contribution >= 0.6 is 15.9 Å². The van der Waals surface area contributed by atoms with Crippen LogP contribution < -0.4 is 4.72 Å². The number of rotatable bonds is 5. The molecular weight excluding hydrogens is 464 g/mol. The monoisotopic (exact) mass is 482 g/mol. The second kappa shape index (κ2) is 8.08. The number of halogens is 1. The predicted molar refractivity (Wildman–Crippen MR) is 122 cm³/mol. The van der Waals surface area contributed by atoms with E-state index in [4.69, 9.17) is 4.52 Å². The largest absolute Gasteiger partial charge is 0.336 e. The summed E-state index contributed by atoms with van der Waals surface area (Å²) in [5, 5.41) is 3.74. The van der Waals surface area contributed by atoms with Crippen LogP contribution in [0.1, 0.15) is 11.3 Å². The minimum atomic E-state index is -3.80. The van der Waals surface area contributed by atoms with Gasteiger partial charge < -0.3 is 4.52 Å². The molecule has 0 radical (unpaired) electrons. The van der Waals surface area contributed by atoms with Crippen LogP contribution in [0.2, 0.25) is 0 Å². The van der Waals surface area contributed by atoms with Crippen molar-refractivity contribution in [2.45, 2.75) is 18.7 Å². The molecule has 4 rings (SSSR count). The molecule has 152 valence electrons. The van der Waals surface area contributed by atoms with Gasteiger partial charge in [-0.3, -0.25) is 0 Å². The highest BCUT2D eigenvalue weighted by atomic mass is 79.9. The molecule has 1 heterocycles. The number of hydrogen-bond donors (Lipinski definition) is 1. The lowest BCUT2D eigenvalue weighted by molar-refractivity contribution is 0.430. The summed E-state index contributed by atoms with van der Waals surface area (Å²) < 4.78 is 33.4. The highest BCUT2D eigenvalue weighted by Crippen LogP contribution is 2.33. The highest BCUT2D eigenvalue weighted by Gasteiger charge is 2.20. The number of anilines is 1. The average Bonchev–Trinajstić information content (AvgIpc) is 3.05. The number of sulfonamides is 1. The van der Waals surface area contributed by atoms with Crippen LogP contribution in [0.4, 0.5) is 5.88 Å². The zero-order chi connectivity index (χ0) is 21.3. The molecule has 4 aromatic rings. The number of nitrogens with zero attached hydrogens (tertiary/aromatic N) is 1. The lowest BCUT2D eigenvalue weighted by Crippen LogP contribution is -2.12. The van der Waals surface area contributed by atoms with Crippen LogP contribution in [0.5, 0.6) is 0 Å². The van der Waals surface area contributed by atoms with Gasteiger partial charge in [0.2, 0.25) is 0 Å². The quantitative estimate of drug-likeness (QED) is 0.368. The molecule has 0 bridgehead atoms. The third-order valence-electron chi connectivity index (χ3n) is 4.75. The first-order valence-electron chi connectivity index (χ1n) is 9.26. The Labute approximate surface area is 183 Å². The number of hydrogen-bond acceptors (Lipinski definition) is 4. The van der Waals surface area contributed by atoms with E-state index in [1.807, 2.05) is 36.4 Å². The van der Waals surface area contributed by atoms with Crippen LogP contribution in [0, 0.1) is 13.8 Å². The molecule has 5 nitrogen and oxygen atoms in total. The molecule has 0 spiro atoms. The Hall–Kier alpha value is -2.90. The van der Waals surface area contributed by atoms with Gasteiger partial charge in [-0.1, -0.05) is 71.4 Å². The van der Waals surface area contributed by atoms with Gasteiger partial charge in [-0.25, -0.2) is 13.1 Å². The van der Waals surface area contributed by atoms with E-state index in [0.29, 0.717) is 10.2 Å². The van der Waals surface area contributed by atoms with Gasteiger partial charge in [0, 0.05) is 0 Å². The van der Waals surface area contributed by atoms with E-state index in [-0.39, 0.29) is 10.8 Å². The van der Waals surface area contributed by atoms with Crippen molar-refractivity contribution in [2.24, 2.45) is 0 Å². The van der Waals surface area contributed by atoms with Crippen molar-refractivity contribution in [2.75, 3.05) is 4.72 Å². The fourth-order valence-electron chi connectivity index (χ4n) is 3.22. The van der Waals surface area contributed by atoms with E-state index < -0.39 is 10.0 Å². The van der Waals surface area contributed by atoms with Crippen molar-refractivity contribution >= 4 is 31.8 Å². The lowest BCUT2D eigenvalue weighted by Gasteiger charge is -2.12. The summed E-state index contributed by atoms with van der Waals surface area (Å²) in [5.74, 6) is 0.0568. The van der Waals surface area contributed by atoms with Crippen molar-refractivity contribution in [1.29, 1.82) is 0 Å². The summed E-state index contributed by atoms with van der Waals surface area (Å²) in [5.41, 5.74) is 5.93. The molecule has 3 aromatic carbocycles. The summed E-state index contributed by atoms with van der Waals surface area (Å²) in [6.45, 7) is 3.78. The number of nitrogens with one attached hydrogen (secondary N) is 1. The standard InChI is InChI=1S/C23H19BrN2O3S/c1-15-6-5-7-18(14-15)21-9-4-3-8-20(21)17-10-12-19(13-11-17)30(27,28)26-23-22(24)16(2)25-29-23/h3-14,26H,1-2H3. The van der Waals surface area contributed by atoms with E-state index >= 15 is 0 Å². The first-order valence-corrected chi connectivity index (χ1v) is 11.5. The van der Waals surface area contributed by atoms with Gasteiger partial charge >= 0.3 is 0 Å². The third kappa shape index (κ3) is 4.04. The molecule has 1 N–H and O–H groups in total. The van der Waals surface area contributed by atoms with Gasteiger partial charge in [0.15, 0.2) is 0 Å². The molecule has 7 heteroatoms. The SMILES string of the molecule is Cc1cccc(-c2ccccc2-c2ccc(S(=O)(=O)Nc3onc(C)c3Br)cc2)c1. The fraction of sp³-hybridized carbons (Fsp3) is 0.0870. The maximum absolute atomic E-state index is 12.7. The Bertz CT molecular complexity index is 1310. The van der Waals surface area contributed by atoms with Crippen LogP contribution in [0.25, 0.3) is 22.3 Å². The predicted octanol–water partition coefficient (Wildman–Crippen LogP) is 6.19. The molecule has 30 heavy (non-hydrogen) atoms. The molecule has 0 amide bonds. The third-order valence-corrected chi connectivity index (χ3v) is 7.03. The molecule has 0 atom stereocenters. The average molecular weight is 483 g/mol. The molecule has 0 aliphatic heterocycles. The Morgan fingerprint density at radius 2 is 1.53 bits per heavy atom. The maximum Gasteiger partial charge on any atom is 0.264 e. The molecule has 0 unspecified atom stereocenters. The van der Waals surface area contributed by atoms with Crippen LogP contribution in [0.3, 0.4) is 0 Å². The Morgan fingerprint density at radius 3 is 2.13 bits per heavy atom. The molecule has 0 saturated carbocycles. The van der Waals surface area contributed by atoms with E-state index in [0.717, 1.165) is 22.3 Å². The summed E-state index contributed by atoms with van der Waals surface area (Å²) in [6.07, 6.45) is 0. The first kappa shape index (κ1) is 20.4. The molecule has 1 aromatic heterocycles. The molecule has 0 aliphatic rings. The van der Waals surface area contributed by atoms with Gasteiger partial charge in [-0.05, 0) is 64.2 Å². The van der Waals surface area contributed by atoms with E-state index in [1.165, 1.54) is 5.56 Å². The minimum absolute atomic E-state index is 0.0568. The Kier molecular flexibility index (Phi) is 5.49. The zero-order valence-electron chi connectivity index (χ0n) is 16.4. The lowest BCUT2D eigenvalue weighted by atomic mass is 9.94. The molecule has 0 saturated heterocycles. The molecular formula is C23H19BrN2O3S. The van der Waals surface area contributed by atoms with Gasteiger partial charge in [-0.2, -0.15) is 0 Å². The topological polar surface area (TPSA) is 72.2 Å². The van der Waals surface area contributed by atoms with E-state index in [9.17, 15) is 8.42 Å². The summed E-state index contributed by atoms with van der Waals surface area (Å²) >= 11 is 3.27. The Morgan fingerprint density at radius 1 is 0.867 bits per heavy atom. The summed E-state index contributed by atoms with van der Waals surface area (Å²) in [6, 6.07) is 23.2. The second-order valence-electron chi connectivity index (χ2n) is 6.96. The van der Waals surface area contributed by atoms with E-state index in [1.54, 1.807) is 19.1 Å². The Balaban J connectivity index is 1.67. The summed E-state index contributed by atoms with van der Waals surface area (Å²) in [4.78, 5) is 0.139. The summed E-state index contributed by atoms with van der Waals surface area (Å²) in [7, 11) is -3.80. The molecule has 0 aliphatic carbocycles. The van der Waals surface area contributed by atoms with Crippen molar-refractivity contribution in [3.63, 3.8) is 0 Å². The highest BCUT2D eigenvalue weighted by molar-refractivity contribution is 9.10. The van der Waals surface area contributed by atoms with Crippen LogP contribution in [-0.2, 0) is 10.0 Å². The normalized spacial score (nSPS) is 11.4. The zero-order valence-corrected chi connectivity index (χ0v) is 18.8. The van der Waals surface area contributed by atoms with Gasteiger partial charge in [0.25, 0.3) is 15.9 Å². The maximum atomic E-state index is 12.7. The van der Waals surface area contributed by atoms with Gasteiger partial charge in [0.1, 0.15) is 4.47 Å². The number of aromatic nitrogens is 1. The van der Waals surface area contributed by atoms with Crippen molar-refractivity contribution in [1.82, 2.24) is 5.16 Å². The second-order valence-corrected chi connectivity index (χ2v) is 9.43. The van der Waals surface area contributed by atoms with Crippen LogP contribution in [0.15, 0.2) is 86.7 Å². The van der Waals surface area contributed by atoms with Gasteiger partial charge in [-0.15, -0.1) is 0 Å². The number of benzene rings is 3. The first-order chi connectivity index (χ1) is 14.3. The van der Waals surface area contributed by atoms with Gasteiger partial charge in [0.05, 0.1) is 10.6 Å². The van der Waals surface area contributed by atoms with E-state index in [2.05, 4.69) is 57.0 Å².